The van der Waals surface area contributed by atoms with Crippen molar-refractivity contribution in [3.05, 3.63) is 24.0 Å². The molecule has 1 fully saturated rings. The van der Waals surface area contributed by atoms with Crippen LogP contribution in [0.5, 0.6) is 5.75 Å². The third kappa shape index (κ3) is 3.09. The lowest BCUT2D eigenvalue weighted by Gasteiger charge is -2.31. The lowest BCUT2D eigenvalue weighted by atomic mass is 9.85. The number of carbonyl (C=O) groups excluding carboxylic acids is 1. The summed E-state index contributed by atoms with van der Waals surface area (Å²) in [7, 11) is 0. The average Bonchev–Trinajstić information content (AvgIpc) is 2.40. The molecule has 2 rings (SSSR count). The van der Waals surface area contributed by atoms with E-state index in [-0.39, 0.29) is 5.78 Å². The smallest absolute Gasteiger partial charge is 0.178 e. The zero-order chi connectivity index (χ0) is 13.0. The first-order valence-electron chi connectivity index (χ1n) is 6.84. The van der Waals surface area contributed by atoms with E-state index in [0.717, 1.165) is 12.2 Å². The zero-order valence-corrected chi connectivity index (χ0v) is 11.2. The molecule has 0 saturated heterocycles. The van der Waals surface area contributed by atoms with E-state index in [1.54, 1.807) is 12.3 Å². The predicted molar refractivity (Wildman–Crippen MR) is 70.9 cm³/mol. The standard InChI is InChI=1S/C15H21NO2/c1-3-12-6-4-5-7-15(12)18-13-8-9-14(11(2)17)16-10-13/h8-10,12,15H,3-7H2,1-2H3. The molecule has 3 nitrogen and oxygen atoms in total. The topological polar surface area (TPSA) is 39.2 Å². The van der Waals surface area contributed by atoms with Gasteiger partial charge in [0.15, 0.2) is 5.78 Å². The number of carbonyl (C=O) groups is 1. The number of Topliss-reactive ketones (excluding diaryl/α,β-unsaturated/α-hetero) is 1. The molecule has 18 heavy (non-hydrogen) atoms. The highest BCUT2D eigenvalue weighted by Gasteiger charge is 2.25. The van der Waals surface area contributed by atoms with Crippen LogP contribution in [0, 0.1) is 5.92 Å². The molecule has 98 valence electrons. The summed E-state index contributed by atoms with van der Waals surface area (Å²) in [4.78, 5) is 15.3. The number of ketones is 1. The minimum absolute atomic E-state index is 0.00866. The first kappa shape index (κ1) is 13.1. The van der Waals surface area contributed by atoms with E-state index in [9.17, 15) is 4.79 Å². The van der Waals surface area contributed by atoms with Crippen LogP contribution in [0.25, 0.3) is 0 Å². The Labute approximate surface area is 109 Å². The van der Waals surface area contributed by atoms with E-state index in [1.165, 1.54) is 32.6 Å². The van der Waals surface area contributed by atoms with Crippen molar-refractivity contribution < 1.29 is 9.53 Å². The SMILES string of the molecule is CCC1CCCCC1Oc1ccc(C(C)=O)nc1. The van der Waals surface area contributed by atoms with Crippen LogP contribution in [0.2, 0.25) is 0 Å². The van der Waals surface area contributed by atoms with Gasteiger partial charge in [0.25, 0.3) is 0 Å². The second-order valence-corrected chi connectivity index (χ2v) is 5.04. The lowest BCUT2D eigenvalue weighted by Crippen LogP contribution is -2.29. The van der Waals surface area contributed by atoms with Crippen LogP contribution in [-0.2, 0) is 0 Å². The maximum Gasteiger partial charge on any atom is 0.178 e. The molecular weight excluding hydrogens is 226 g/mol. The number of nitrogens with zero attached hydrogens (tertiary/aromatic N) is 1. The van der Waals surface area contributed by atoms with Crippen LogP contribution in [0.15, 0.2) is 18.3 Å². The molecule has 1 aromatic heterocycles. The Kier molecular flexibility index (Phi) is 4.34. The molecule has 2 unspecified atom stereocenters. The number of hydrogen-bond donors (Lipinski definition) is 0. The second kappa shape index (κ2) is 5.98. The normalized spacial score (nSPS) is 23.7. The average molecular weight is 247 g/mol. The fraction of sp³-hybridized carbons (Fsp3) is 0.600. The Balaban J connectivity index is 2.01. The highest BCUT2D eigenvalue weighted by molar-refractivity contribution is 5.92. The van der Waals surface area contributed by atoms with Gasteiger partial charge in [-0.2, -0.15) is 0 Å². The number of hydrogen-bond acceptors (Lipinski definition) is 3. The van der Waals surface area contributed by atoms with Crippen LogP contribution in [-0.4, -0.2) is 16.9 Å². The molecule has 1 heterocycles. The van der Waals surface area contributed by atoms with E-state index < -0.39 is 0 Å². The van der Waals surface area contributed by atoms with Gasteiger partial charge < -0.3 is 4.74 Å². The van der Waals surface area contributed by atoms with E-state index in [4.69, 9.17) is 4.74 Å². The van der Waals surface area contributed by atoms with Gasteiger partial charge in [-0.15, -0.1) is 0 Å². The van der Waals surface area contributed by atoms with Gasteiger partial charge in [-0.3, -0.25) is 4.79 Å². The summed E-state index contributed by atoms with van der Waals surface area (Å²) in [5.74, 6) is 1.43. The van der Waals surface area contributed by atoms with Gasteiger partial charge in [-0.05, 0) is 43.7 Å². The fourth-order valence-corrected chi connectivity index (χ4v) is 2.63. The molecule has 0 radical (unpaired) electrons. The molecule has 0 aliphatic heterocycles. The number of rotatable bonds is 4. The molecule has 3 heteroatoms. The first-order valence-corrected chi connectivity index (χ1v) is 6.84. The van der Waals surface area contributed by atoms with Gasteiger partial charge in [0.05, 0.1) is 6.20 Å². The van der Waals surface area contributed by atoms with Crippen molar-refractivity contribution in [1.82, 2.24) is 4.98 Å². The van der Waals surface area contributed by atoms with Gasteiger partial charge in [0, 0.05) is 6.92 Å². The first-order chi connectivity index (χ1) is 8.70. The van der Waals surface area contributed by atoms with Crippen molar-refractivity contribution in [2.24, 2.45) is 5.92 Å². The van der Waals surface area contributed by atoms with Crippen molar-refractivity contribution in [3.8, 4) is 5.75 Å². The summed E-state index contributed by atoms with van der Waals surface area (Å²) in [5.41, 5.74) is 0.498. The Hall–Kier alpha value is -1.38. The lowest BCUT2D eigenvalue weighted by molar-refractivity contribution is 0.0899. The van der Waals surface area contributed by atoms with Crippen molar-refractivity contribution in [2.75, 3.05) is 0 Å². The van der Waals surface area contributed by atoms with Crippen molar-refractivity contribution >= 4 is 5.78 Å². The van der Waals surface area contributed by atoms with Crippen LogP contribution < -0.4 is 4.74 Å². The molecule has 2 atom stereocenters. The van der Waals surface area contributed by atoms with Crippen LogP contribution >= 0.6 is 0 Å². The molecule has 0 bridgehead atoms. The highest BCUT2D eigenvalue weighted by Crippen LogP contribution is 2.30. The molecule has 0 N–H and O–H groups in total. The summed E-state index contributed by atoms with van der Waals surface area (Å²) in [6.45, 7) is 3.75. The maximum absolute atomic E-state index is 11.1. The molecule has 1 aromatic rings. The molecule has 1 saturated carbocycles. The summed E-state index contributed by atoms with van der Waals surface area (Å²) >= 11 is 0. The Morgan fingerprint density at radius 3 is 2.78 bits per heavy atom. The van der Waals surface area contributed by atoms with Crippen LogP contribution in [0.4, 0.5) is 0 Å². The monoisotopic (exact) mass is 247 g/mol. The summed E-state index contributed by atoms with van der Waals surface area (Å²) in [6, 6.07) is 3.59. The molecular formula is C15H21NO2. The van der Waals surface area contributed by atoms with E-state index >= 15 is 0 Å². The minimum atomic E-state index is -0.00866. The Morgan fingerprint density at radius 2 is 2.17 bits per heavy atom. The minimum Gasteiger partial charge on any atom is -0.489 e. The Morgan fingerprint density at radius 1 is 1.39 bits per heavy atom. The zero-order valence-electron chi connectivity index (χ0n) is 11.2. The quantitative estimate of drug-likeness (QED) is 0.763. The van der Waals surface area contributed by atoms with Crippen molar-refractivity contribution in [3.63, 3.8) is 0 Å². The molecule has 0 aromatic carbocycles. The molecule has 1 aliphatic rings. The van der Waals surface area contributed by atoms with Crippen LogP contribution in [0.1, 0.15) is 56.4 Å². The number of ether oxygens (including phenoxy) is 1. The highest BCUT2D eigenvalue weighted by atomic mass is 16.5. The molecule has 1 aliphatic carbocycles. The van der Waals surface area contributed by atoms with E-state index in [2.05, 4.69) is 11.9 Å². The number of pyridine rings is 1. The summed E-state index contributed by atoms with van der Waals surface area (Å²) in [5, 5.41) is 0. The predicted octanol–water partition coefficient (Wildman–Crippen LogP) is 3.63. The summed E-state index contributed by atoms with van der Waals surface area (Å²) < 4.78 is 6.02. The van der Waals surface area contributed by atoms with Gasteiger partial charge in [0.1, 0.15) is 17.5 Å². The maximum atomic E-state index is 11.1. The third-order valence-corrected chi connectivity index (χ3v) is 3.75. The summed E-state index contributed by atoms with van der Waals surface area (Å²) in [6.07, 6.45) is 8.11. The third-order valence-electron chi connectivity index (χ3n) is 3.75. The van der Waals surface area contributed by atoms with Gasteiger partial charge in [-0.25, -0.2) is 4.98 Å². The Bertz CT molecular complexity index is 399. The van der Waals surface area contributed by atoms with Gasteiger partial charge >= 0.3 is 0 Å². The molecule has 0 spiro atoms. The number of aromatic nitrogens is 1. The van der Waals surface area contributed by atoms with E-state index in [1.807, 2.05) is 6.07 Å². The van der Waals surface area contributed by atoms with Crippen LogP contribution in [0.3, 0.4) is 0 Å². The van der Waals surface area contributed by atoms with Gasteiger partial charge in [-0.1, -0.05) is 13.3 Å². The largest absolute Gasteiger partial charge is 0.489 e. The van der Waals surface area contributed by atoms with E-state index in [0.29, 0.717) is 17.7 Å². The van der Waals surface area contributed by atoms with Crippen molar-refractivity contribution in [1.29, 1.82) is 0 Å². The van der Waals surface area contributed by atoms with Crippen molar-refractivity contribution in [2.45, 2.75) is 52.1 Å². The van der Waals surface area contributed by atoms with Gasteiger partial charge in [0.2, 0.25) is 0 Å². The fourth-order valence-electron chi connectivity index (χ4n) is 2.63. The molecule has 0 amide bonds. The second-order valence-electron chi connectivity index (χ2n) is 5.04.